The number of benzene rings is 4. The predicted octanol–water partition coefficient (Wildman–Crippen LogP) is 8.21. The summed E-state index contributed by atoms with van der Waals surface area (Å²) in [6.45, 7) is 12.3. The van der Waals surface area contributed by atoms with E-state index in [1.54, 1.807) is 0 Å². The molecule has 0 aromatic heterocycles. The first-order valence-corrected chi connectivity index (χ1v) is 13.5. The number of nitrogens with two attached hydrogens (primary N) is 2. The molecular weight excluding hydrogens is 547 g/mol. The van der Waals surface area contributed by atoms with Crippen LogP contribution in [-0.4, -0.2) is 18.3 Å². The third-order valence-electron chi connectivity index (χ3n) is 7.10. The van der Waals surface area contributed by atoms with E-state index in [-0.39, 0.29) is 25.7 Å². The Labute approximate surface area is 244 Å². The van der Waals surface area contributed by atoms with Gasteiger partial charge in [0, 0.05) is 15.8 Å². The molecule has 0 amide bonds. The fourth-order valence-corrected chi connectivity index (χ4v) is 4.18. The second-order valence-corrected chi connectivity index (χ2v) is 11.2. The van der Waals surface area contributed by atoms with Crippen molar-refractivity contribution in [1.82, 2.24) is 0 Å². The van der Waals surface area contributed by atoms with Gasteiger partial charge in [-0.3, -0.25) is 0 Å². The molecule has 0 unspecified atom stereocenters. The van der Waals surface area contributed by atoms with Crippen molar-refractivity contribution in [1.29, 1.82) is 0 Å². The molecule has 4 nitrogen and oxygen atoms in total. The molecule has 0 aliphatic carbocycles. The van der Waals surface area contributed by atoms with Crippen LogP contribution < -0.4 is 16.9 Å². The number of halogens is 1. The third kappa shape index (κ3) is 8.22. The lowest BCUT2D eigenvalue weighted by atomic mass is 9.79. The Bertz CT molecular complexity index is 1290. The Kier molecular flexibility index (Phi) is 11.4. The molecule has 1 heterocycles. The highest BCUT2D eigenvalue weighted by Crippen LogP contribution is 2.36. The van der Waals surface area contributed by atoms with Gasteiger partial charge in [-0.2, -0.15) is 0 Å². The second kappa shape index (κ2) is 13.8. The van der Waals surface area contributed by atoms with Crippen LogP contribution in [0.2, 0.25) is 0 Å². The fourth-order valence-electron chi connectivity index (χ4n) is 3.80. The lowest BCUT2D eigenvalue weighted by Gasteiger charge is -2.32. The van der Waals surface area contributed by atoms with Gasteiger partial charge < -0.3 is 20.8 Å². The van der Waals surface area contributed by atoms with Crippen LogP contribution in [0, 0.1) is 13.8 Å². The minimum absolute atomic E-state index is 0. The summed E-state index contributed by atoms with van der Waals surface area (Å²) in [5.74, 6) is 0. The van der Waals surface area contributed by atoms with E-state index in [1.807, 2.05) is 85.8 Å². The van der Waals surface area contributed by atoms with Gasteiger partial charge in [-0.25, -0.2) is 0 Å². The van der Waals surface area contributed by atoms with Gasteiger partial charge in [-0.05, 0) is 87.5 Å². The maximum atomic E-state index is 5.93. The molecule has 39 heavy (non-hydrogen) atoms. The Morgan fingerprint density at radius 3 is 1.56 bits per heavy atom. The Morgan fingerprint density at radius 2 is 1.08 bits per heavy atom. The average molecular weight is 589 g/mol. The van der Waals surface area contributed by atoms with E-state index in [1.165, 1.54) is 11.1 Å². The van der Waals surface area contributed by atoms with Gasteiger partial charge in [0.2, 0.25) is 0 Å². The molecule has 4 aromatic rings. The Morgan fingerprint density at radius 1 is 0.615 bits per heavy atom. The summed E-state index contributed by atoms with van der Waals surface area (Å²) in [6.07, 6.45) is 0. The first-order chi connectivity index (χ1) is 17.9. The number of nitrogen functional groups attached to an aromatic ring is 2. The van der Waals surface area contributed by atoms with Crippen LogP contribution in [0.25, 0.3) is 11.1 Å². The molecular formula is C33H42BBrN2O2. The molecule has 5 rings (SSSR count). The SMILES string of the molecule is C.CC1(C)OB(c2ccccc2)OC1(C)C.Cc1c(N)cccc1-c1ccccc1.Cc1c(N)cccc1Br. The van der Waals surface area contributed by atoms with Crippen LogP contribution >= 0.6 is 15.9 Å². The highest BCUT2D eigenvalue weighted by atomic mass is 79.9. The van der Waals surface area contributed by atoms with Crippen molar-refractivity contribution in [3.8, 4) is 11.1 Å². The summed E-state index contributed by atoms with van der Waals surface area (Å²) >= 11 is 3.37. The van der Waals surface area contributed by atoms with Gasteiger partial charge in [0.1, 0.15) is 0 Å². The molecule has 0 spiro atoms. The van der Waals surface area contributed by atoms with Gasteiger partial charge in [0.25, 0.3) is 0 Å². The third-order valence-corrected chi connectivity index (χ3v) is 7.95. The van der Waals surface area contributed by atoms with Gasteiger partial charge in [0.05, 0.1) is 11.2 Å². The summed E-state index contributed by atoms with van der Waals surface area (Å²) in [5, 5.41) is 0. The van der Waals surface area contributed by atoms with E-state index < -0.39 is 0 Å². The van der Waals surface area contributed by atoms with Crippen molar-refractivity contribution in [2.75, 3.05) is 11.5 Å². The van der Waals surface area contributed by atoms with Crippen LogP contribution in [0.4, 0.5) is 11.4 Å². The van der Waals surface area contributed by atoms with E-state index in [4.69, 9.17) is 20.8 Å². The smallest absolute Gasteiger partial charge is 0.399 e. The van der Waals surface area contributed by atoms with E-state index in [2.05, 4.69) is 68.7 Å². The molecule has 0 bridgehead atoms. The Balaban J connectivity index is 0.000000209. The zero-order chi connectivity index (χ0) is 27.9. The van der Waals surface area contributed by atoms with Crippen LogP contribution in [0.1, 0.15) is 46.2 Å². The first-order valence-electron chi connectivity index (χ1n) is 12.7. The van der Waals surface area contributed by atoms with E-state index in [9.17, 15) is 0 Å². The number of hydrogen-bond acceptors (Lipinski definition) is 4. The average Bonchev–Trinajstić information content (AvgIpc) is 3.12. The molecule has 4 aromatic carbocycles. The van der Waals surface area contributed by atoms with Gasteiger partial charge in [0.15, 0.2) is 0 Å². The molecule has 6 heteroatoms. The minimum atomic E-state index is -0.256. The summed E-state index contributed by atoms with van der Waals surface area (Å²) in [5.41, 5.74) is 18.4. The fraction of sp³-hybridized carbons (Fsp3) is 0.273. The van der Waals surface area contributed by atoms with Crippen molar-refractivity contribution in [3.05, 3.63) is 113 Å². The highest BCUT2D eigenvalue weighted by Gasteiger charge is 2.51. The lowest BCUT2D eigenvalue weighted by Crippen LogP contribution is -2.41. The van der Waals surface area contributed by atoms with Gasteiger partial charge in [-0.1, -0.05) is 102 Å². The topological polar surface area (TPSA) is 70.5 Å². The summed E-state index contributed by atoms with van der Waals surface area (Å²) in [7, 11) is -0.240. The molecule has 206 valence electrons. The van der Waals surface area contributed by atoms with Crippen molar-refractivity contribution in [3.63, 3.8) is 0 Å². The molecule has 1 fully saturated rings. The number of anilines is 2. The second-order valence-electron chi connectivity index (χ2n) is 10.3. The largest absolute Gasteiger partial charge is 0.494 e. The summed E-state index contributed by atoms with van der Waals surface area (Å²) < 4.78 is 12.9. The molecule has 0 saturated carbocycles. The number of hydrogen-bond donors (Lipinski definition) is 2. The zero-order valence-electron chi connectivity index (χ0n) is 23.2. The van der Waals surface area contributed by atoms with Crippen molar-refractivity contribution < 1.29 is 9.31 Å². The molecule has 0 atom stereocenters. The summed E-state index contributed by atoms with van der Waals surface area (Å²) in [4.78, 5) is 0. The molecule has 0 radical (unpaired) electrons. The standard InChI is InChI=1S/C13H13N.C12H17BO2.C7H8BrN.CH4/c1-10-12(8-5-9-13(10)14)11-6-3-2-4-7-11;1-11(2)12(3,4)15-13(14-11)10-8-6-5-7-9-10;1-5-6(8)3-2-4-7(5)9;/h2-9H,14H2,1H3;5-9H,1-4H3;2-4H,9H2,1H3;1H4. The van der Waals surface area contributed by atoms with E-state index in [0.29, 0.717) is 0 Å². The Hall–Kier alpha value is -3.06. The molecule has 1 saturated heterocycles. The quantitative estimate of drug-likeness (QED) is 0.183. The monoisotopic (exact) mass is 588 g/mol. The van der Waals surface area contributed by atoms with Crippen LogP contribution in [-0.2, 0) is 9.31 Å². The van der Waals surface area contributed by atoms with Crippen molar-refractivity contribution in [2.45, 2.75) is 60.2 Å². The molecule has 1 aliphatic rings. The van der Waals surface area contributed by atoms with Crippen LogP contribution in [0.5, 0.6) is 0 Å². The maximum absolute atomic E-state index is 5.93. The lowest BCUT2D eigenvalue weighted by molar-refractivity contribution is 0.00578. The first kappa shape index (κ1) is 32.2. The zero-order valence-corrected chi connectivity index (χ0v) is 24.8. The van der Waals surface area contributed by atoms with Crippen molar-refractivity contribution in [2.24, 2.45) is 0 Å². The molecule has 1 aliphatic heterocycles. The van der Waals surface area contributed by atoms with Crippen LogP contribution in [0.15, 0.2) is 102 Å². The normalized spacial score (nSPS) is 14.7. The minimum Gasteiger partial charge on any atom is -0.399 e. The summed E-state index contributed by atoms with van der Waals surface area (Å²) in [6, 6.07) is 32.2. The van der Waals surface area contributed by atoms with Crippen LogP contribution in [0.3, 0.4) is 0 Å². The van der Waals surface area contributed by atoms with E-state index in [0.717, 1.165) is 32.4 Å². The highest BCUT2D eigenvalue weighted by molar-refractivity contribution is 9.10. The van der Waals surface area contributed by atoms with E-state index >= 15 is 0 Å². The van der Waals surface area contributed by atoms with Gasteiger partial charge in [-0.15, -0.1) is 0 Å². The maximum Gasteiger partial charge on any atom is 0.494 e. The number of rotatable bonds is 2. The van der Waals surface area contributed by atoms with Crippen molar-refractivity contribution >= 4 is 39.9 Å². The predicted molar refractivity (Wildman–Crippen MR) is 173 cm³/mol. The molecule has 4 N–H and O–H groups in total. The van der Waals surface area contributed by atoms with Gasteiger partial charge >= 0.3 is 7.12 Å².